The van der Waals surface area contributed by atoms with Crippen molar-refractivity contribution in [2.45, 2.75) is 65.8 Å². The van der Waals surface area contributed by atoms with Crippen LogP contribution < -0.4 is 4.90 Å². The number of hydrogen-bond acceptors (Lipinski definition) is 5. The van der Waals surface area contributed by atoms with Crippen LogP contribution in [-0.4, -0.2) is 54.8 Å². The van der Waals surface area contributed by atoms with Crippen molar-refractivity contribution in [1.29, 1.82) is 0 Å². The van der Waals surface area contributed by atoms with E-state index in [1.165, 1.54) is 6.42 Å². The van der Waals surface area contributed by atoms with Gasteiger partial charge in [0.05, 0.1) is 17.4 Å². The van der Waals surface area contributed by atoms with Crippen LogP contribution in [0.2, 0.25) is 0 Å². The molecule has 0 unspecified atom stereocenters. The second-order valence-electron chi connectivity index (χ2n) is 10.7. The Hall–Kier alpha value is -2.90. The standard InChI is InChI=1S/C26H37N7O/c1-17(2)12-20-13-23(30(5)28-20)26(34)32-10-7-6-8-22(32)21-14-24-27-25(19(4)16-33(24)29-21)31-11-9-18(3)15-31/h13-14,16-18,22H,6-12,15H2,1-5H3/t18-,22-/m0/s1. The smallest absolute Gasteiger partial charge is 0.272 e. The zero-order chi connectivity index (χ0) is 24.0. The Morgan fingerprint density at radius 2 is 1.97 bits per heavy atom. The summed E-state index contributed by atoms with van der Waals surface area (Å²) in [5, 5.41) is 9.49. The van der Waals surface area contributed by atoms with Crippen LogP contribution in [0, 0.1) is 18.8 Å². The number of aromatic nitrogens is 5. The quantitative estimate of drug-likeness (QED) is 0.568. The highest BCUT2D eigenvalue weighted by Gasteiger charge is 2.32. The Labute approximate surface area is 201 Å². The molecule has 0 aromatic carbocycles. The number of fused-ring (bicyclic) bond motifs is 1. The summed E-state index contributed by atoms with van der Waals surface area (Å²) in [5.74, 6) is 2.31. The Balaban J connectivity index is 1.44. The molecule has 1 amide bonds. The van der Waals surface area contributed by atoms with E-state index in [-0.39, 0.29) is 11.9 Å². The average molecular weight is 464 g/mol. The van der Waals surface area contributed by atoms with Gasteiger partial charge in [0.25, 0.3) is 5.91 Å². The minimum atomic E-state index is -0.0398. The lowest BCUT2D eigenvalue weighted by Crippen LogP contribution is -2.39. The average Bonchev–Trinajstić information content (AvgIpc) is 3.50. The highest BCUT2D eigenvalue weighted by atomic mass is 16.2. The van der Waals surface area contributed by atoms with Gasteiger partial charge in [-0.25, -0.2) is 9.50 Å². The normalized spacial score (nSPS) is 21.2. The molecule has 2 saturated heterocycles. The zero-order valence-corrected chi connectivity index (χ0v) is 21.2. The molecule has 3 aromatic rings. The first-order valence-corrected chi connectivity index (χ1v) is 12.8. The van der Waals surface area contributed by atoms with Gasteiger partial charge in [0.1, 0.15) is 11.5 Å². The monoisotopic (exact) mass is 463 g/mol. The molecule has 34 heavy (non-hydrogen) atoms. The number of aryl methyl sites for hydroxylation is 2. The van der Waals surface area contributed by atoms with Crippen molar-refractivity contribution < 1.29 is 4.79 Å². The number of likely N-dealkylation sites (tertiary alicyclic amines) is 1. The van der Waals surface area contributed by atoms with Crippen LogP contribution in [0.3, 0.4) is 0 Å². The highest BCUT2D eigenvalue weighted by molar-refractivity contribution is 5.93. The van der Waals surface area contributed by atoms with Gasteiger partial charge in [-0.05, 0) is 56.9 Å². The predicted molar refractivity (Wildman–Crippen MR) is 133 cm³/mol. The molecule has 2 fully saturated rings. The molecule has 3 aromatic heterocycles. The van der Waals surface area contributed by atoms with E-state index in [0.717, 1.165) is 73.7 Å². The van der Waals surface area contributed by atoms with Crippen LogP contribution in [0.4, 0.5) is 5.82 Å². The first kappa shape index (κ1) is 22.9. The molecule has 0 saturated carbocycles. The second-order valence-corrected chi connectivity index (χ2v) is 10.7. The number of carbonyl (C=O) groups excluding carboxylic acids is 1. The highest BCUT2D eigenvalue weighted by Crippen LogP contribution is 2.33. The molecule has 0 spiro atoms. The first-order valence-electron chi connectivity index (χ1n) is 12.8. The van der Waals surface area contributed by atoms with Gasteiger partial charge in [-0.15, -0.1) is 0 Å². The molecule has 2 atom stereocenters. The lowest BCUT2D eigenvalue weighted by Gasteiger charge is -2.34. The van der Waals surface area contributed by atoms with E-state index in [1.807, 2.05) is 22.5 Å². The van der Waals surface area contributed by atoms with Crippen LogP contribution in [0.1, 0.15) is 79.9 Å². The second kappa shape index (κ2) is 9.04. The van der Waals surface area contributed by atoms with Crippen molar-refractivity contribution in [3.05, 3.63) is 41.0 Å². The number of amides is 1. The molecule has 5 heterocycles. The van der Waals surface area contributed by atoms with Crippen molar-refractivity contribution in [3.8, 4) is 0 Å². The van der Waals surface area contributed by atoms with E-state index in [4.69, 9.17) is 10.1 Å². The summed E-state index contributed by atoms with van der Waals surface area (Å²) in [5.41, 5.74) is 4.56. The SMILES string of the molecule is Cc1cn2nc([C@@H]3CCCCN3C(=O)c3cc(CC(C)C)nn3C)cc2nc1N1CC[C@H](C)C1. The van der Waals surface area contributed by atoms with Crippen molar-refractivity contribution in [3.63, 3.8) is 0 Å². The first-order chi connectivity index (χ1) is 16.3. The van der Waals surface area contributed by atoms with E-state index < -0.39 is 0 Å². The number of piperidine rings is 1. The summed E-state index contributed by atoms with van der Waals surface area (Å²) in [4.78, 5) is 23.0. The van der Waals surface area contributed by atoms with Gasteiger partial charge < -0.3 is 9.80 Å². The molecule has 0 N–H and O–H groups in total. The van der Waals surface area contributed by atoms with Gasteiger partial charge in [-0.2, -0.15) is 10.2 Å². The number of carbonyl (C=O) groups is 1. The van der Waals surface area contributed by atoms with Crippen molar-refractivity contribution in [2.75, 3.05) is 24.5 Å². The molecule has 8 nitrogen and oxygen atoms in total. The maximum Gasteiger partial charge on any atom is 0.272 e. The third kappa shape index (κ3) is 4.30. The van der Waals surface area contributed by atoms with Gasteiger partial charge in [0.15, 0.2) is 5.65 Å². The van der Waals surface area contributed by atoms with Crippen LogP contribution in [0.15, 0.2) is 18.3 Å². The van der Waals surface area contributed by atoms with E-state index in [1.54, 1.807) is 4.68 Å². The molecule has 8 heteroatoms. The van der Waals surface area contributed by atoms with E-state index in [2.05, 4.69) is 50.0 Å². The molecule has 182 valence electrons. The molecule has 0 aliphatic carbocycles. The largest absolute Gasteiger partial charge is 0.356 e. The summed E-state index contributed by atoms with van der Waals surface area (Å²) in [6, 6.07) is 4.00. The molecular weight excluding hydrogens is 426 g/mol. The topological polar surface area (TPSA) is 71.6 Å². The maximum absolute atomic E-state index is 13.6. The van der Waals surface area contributed by atoms with Crippen molar-refractivity contribution in [2.24, 2.45) is 18.9 Å². The van der Waals surface area contributed by atoms with Crippen molar-refractivity contribution in [1.82, 2.24) is 29.3 Å². The summed E-state index contributed by atoms with van der Waals surface area (Å²) in [7, 11) is 1.87. The molecule has 5 rings (SSSR count). The predicted octanol–water partition coefficient (Wildman–Crippen LogP) is 4.18. The number of hydrogen-bond donors (Lipinski definition) is 0. The summed E-state index contributed by atoms with van der Waals surface area (Å²) in [6.07, 6.45) is 7.19. The Bertz CT molecular complexity index is 1190. The lowest BCUT2D eigenvalue weighted by molar-refractivity contribution is 0.0594. The third-order valence-electron chi connectivity index (χ3n) is 7.22. The number of anilines is 1. The number of nitrogens with zero attached hydrogens (tertiary/aromatic N) is 7. The molecular formula is C26H37N7O. The fourth-order valence-electron chi connectivity index (χ4n) is 5.50. The number of rotatable bonds is 5. The van der Waals surface area contributed by atoms with Crippen LogP contribution in [-0.2, 0) is 13.5 Å². The fraction of sp³-hybridized carbons (Fsp3) is 0.615. The van der Waals surface area contributed by atoms with Gasteiger partial charge in [0, 0.05) is 44.5 Å². The van der Waals surface area contributed by atoms with Crippen LogP contribution in [0.25, 0.3) is 5.65 Å². The lowest BCUT2D eigenvalue weighted by atomic mass is 9.98. The summed E-state index contributed by atoms with van der Waals surface area (Å²) >= 11 is 0. The Morgan fingerprint density at radius 1 is 1.15 bits per heavy atom. The molecule has 0 radical (unpaired) electrons. The molecule has 0 bridgehead atoms. The van der Waals surface area contributed by atoms with E-state index in [9.17, 15) is 4.79 Å². The van der Waals surface area contributed by atoms with Gasteiger partial charge in [0.2, 0.25) is 0 Å². The minimum absolute atomic E-state index is 0.0398. The summed E-state index contributed by atoms with van der Waals surface area (Å²) in [6.45, 7) is 11.6. The Kier molecular flexibility index (Phi) is 6.08. The van der Waals surface area contributed by atoms with Gasteiger partial charge in [-0.1, -0.05) is 20.8 Å². The van der Waals surface area contributed by atoms with Crippen LogP contribution in [0.5, 0.6) is 0 Å². The van der Waals surface area contributed by atoms with Gasteiger partial charge in [-0.3, -0.25) is 9.48 Å². The fourth-order valence-corrected chi connectivity index (χ4v) is 5.50. The van der Waals surface area contributed by atoms with Crippen LogP contribution >= 0.6 is 0 Å². The maximum atomic E-state index is 13.6. The Morgan fingerprint density at radius 3 is 2.71 bits per heavy atom. The molecule has 2 aliphatic heterocycles. The minimum Gasteiger partial charge on any atom is -0.356 e. The zero-order valence-electron chi connectivity index (χ0n) is 21.2. The van der Waals surface area contributed by atoms with Gasteiger partial charge >= 0.3 is 0 Å². The molecule has 2 aliphatic rings. The van der Waals surface area contributed by atoms with Crippen molar-refractivity contribution >= 4 is 17.4 Å². The van der Waals surface area contributed by atoms with E-state index in [0.29, 0.717) is 17.5 Å². The van der Waals surface area contributed by atoms with E-state index >= 15 is 0 Å². The third-order valence-corrected chi connectivity index (χ3v) is 7.22. The summed E-state index contributed by atoms with van der Waals surface area (Å²) < 4.78 is 3.62.